The molecule has 0 aliphatic carbocycles. The molecule has 100 valence electrons. The zero-order valence-electron chi connectivity index (χ0n) is 10.6. The predicted octanol–water partition coefficient (Wildman–Crippen LogP) is 3.62. The van der Waals surface area contributed by atoms with Crippen molar-refractivity contribution in [2.75, 3.05) is 0 Å². The minimum absolute atomic E-state index is 0.499. The van der Waals surface area contributed by atoms with E-state index in [1.165, 1.54) is 0 Å². The Kier molecular flexibility index (Phi) is 3.62. The van der Waals surface area contributed by atoms with Crippen LogP contribution in [0.1, 0.15) is 5.56 Å². The molecular weight excluding hydrogens is 318 g/mol. The van der Waals surface area contributed by atoms with E-state index in [9.17, 15) is 0 Å². The molecule has 0 unspecified atom stereocenters. The summed E-state index contributed by atoms with van der Waals surface area (Å²) >= 11 is 3.48. The van der Waals surface area contributed by atoms with Crippen LogP contribution in [0.25, 0.3) is 22.8 Å². The van der Waals surface area contributed by atoms with Gasteiger partial charge in [0, 0.05) is 22.1 Å². The second-order valence-corrected chi connectivity index (χ2v) is 5.16. The Bertz CT molecular complexity index is 722. The monoisotopic (exact) mass is 329 g/mol. The third-order valence-corrected chi connectivity index (χ3v) is 3.67. The molecule has 0 fully saturated rings. The number of nitrogens with two attached hydrogens (primary N) is 1. The summed E-state index contributed by atoms with van der Waals surface area (Å²) in [5, 5.41) is 4.03. The minimum atomic E-state index is 0.499. The van der Waals surface area contributed by atoms with Crippen LogP contribution in [-0.2, 0) is 6.54 Å². The average Bonchev–Trinajstić information content (AvgIpc) is 2.97. The second-order valence-electron chi connectivity index (χ2n) is 4.30. The normalized spacial score (nSPS) is 10.7. The first-order valence-electron chi connectivity index (χ1n) is 6.16. The van der Waals surface area contributed by atoms with Crippen molar-refractivity contribution in [2.45, 2.75) is 6.54 Å². The third kappa shape index (κ3) is 2.50. The van der Waals surface area contributed by atoms with Crippen molar-refractivity contribution in [3.8, 4) is 22.8 Å². The fourth-order valence-electron chi connectivity index (χ4n) is 1.88. The molecule has 0 aliphatic heterocycles. The number of benzene rings is 2. The first-order valence-corrected chi connectivity index (χ1v) is 6.95. The summed E-state index contributed by atoms with van der Waals surface area (Å²) in [6.07, 6.45) is 0. The van der Waals surface area contributed by atoms with Crippen molar-refractivity contribution >= 4 is 15.9 Å². The van der Waals surface area contributed by atoms with Gasteiger partial charge < -0.3 is 10.3 Å². The molecule has 0 aliphatic rings. The maximum Gasteiger partial charge on any atom is 0.258 e. The summed E-state index contributed by atoms with van der Waals surface area (Å²) in [7, 11) is 0. The van der Waals surface area contributed by atoms with Gasteiger partial charge in [0.05, 0.1) is 0 Å². The standard InChI is InChI=1S/C15H12BrN3O/c16-13-4-2-1-3-12(13)14-18-15(20-19-14)11-7-5-10(9-17)6-8-11/h1-8H,9,17H2. The van der Waals surface area contributed by atoms with Gasteiger partial charge in [-0.15, -0.1) is 0 Å². The van der Waals surface area contributed by atoms with E-state index in [0.717, 1.165) is 21.2 Å². The highest BCUT2D eigenvalue weighted by molar-refractivity contribution is 9.10. The largest absolute Gasteiger partial charge is 0.334 e. The molecule has 1 heterocycles. The number of nitrogens with zero attached hydrogens (tertiary/aromatic N) is 2. The smallest absolute Gasteiger partial charge is 0.258 e. The van der Waals surface area contributed by atoms with Crippen LogP contribution in [-0.4, -0.2) is 10.1 Å². The predicted molar refractivity (Wildman–Crippen MR) is 80.8 cm³/mol. The van der Waals surface area contributed by atoms with Crippen molar-refractivity contribution in [2.24, 2.45) is 5.73 Å². The highest BCUT2D eigenvalue weighted by Crippen LogP contribution is 2.27. The lowest BCUT2D eigenvalue weighted by atomic mass is 10.1. The maximum atomic E-state index is 5.58. The van der Waals surface area contributed by atoms with Gasteiger partial charge in [-0.1, -0.05) is 45.4 Å². The Morgan fingerprint density at radius 1 is 1.05 bits per heavy atom. The number of aromatic nitrogens is 2. The molecule has 0 saturated carbocycles. The van der Waals surface area contributed by atoms with Crippen molar-refractivity contribution < 1.29 is 4.52 Å². The molecule has 2 N–H and O–H groups in total. The Hall–Kier alpha value is -1.98. The van der Waals surface area contributed by atoms with Gasteiger partial charge in [0.15, 0.2) is 0 Å². The van der Waals surface area contributed by atoms with E-state index in [4.69, 9.17) is 10.3 Å². The molecule has 3 rings (SSSR count). The summed E-state index contributed by atoms with van der Waals surface area (Å²) in [5.41, 5.74) is 8.43. The van der Waals surface area contributed by atoms with Crippen LogP contribution in [0.3, 0.4) is 0 Å². The average molecular weight is 330 g/mol. The summed E-state index contributed by atoms with van der Waals surface area (Å²) in [5.74, 6) is 1.06. The lowest BCUT2D eigenvalue weighted by molar-refractivity contribution is 0.432. The van der Waals surface area contributed by atoms with Crippen LogP contribution in [0, 0.1) is 0 Å². The van der Waals surface area contributed by atoms with E-state index < -0.39 is 0 Å². The van der Waals surface area contributed by atoms with Crippen LogP contribution < -0.4 is 5.73 Å². The van der Waals surface area contributed by atoms with Gasteiger partial charge in [-0.3, -0.25) is 0 Å². The molecule has 1 aromatic heterocycles. The minimum Gasteiger partial charge on any atom is -0.334 e. The molecule has 0 amide bonds. The van der Waals surface area contributed by atoms with Gasteiger partial charge >= 0.3 is 0 Å². The molecule has 3 aromatic rings. The van der Waals surface area contributed by atoms with E-state index in [2.05, 4.69) is 26.1 Å². The number of hydrogen-bond acceptors (Lipinski definition) is 4. The molecule has 2 aromatic carbocycles. The van der Waals surface area contributed by atoms with Crippen LogP contribution in [0.4, 0.5) is 0 Å². The van der Waals surface area contributed by atoms with Gasteiger partial charge in [0.1, 0.15) is 0 Å². The highest BCUT2D eigenvalue weighted by Gasteiger charge is 2.12. The highest BCUT2D eigenvalue weighted by atomic mass is 79.9. The van der Waals surface area contributed by atoms with Crippen LogP contribution >= 0.6 is 15.9 Å². The van der Waals surface area contributed by atoms with E-state index in [1.54, 1.807) is 0 Å². The Balaban J connectivity index is 1.95. The molecule has 0 bridgehead atoms. The number of rotatable bonds is 3. The van der Waals surface area contributed by atoms with E-state index in [0.29, 0.717) is 18.3 Å². The SMILES string of the molecule is NCc1ccc(-c2nc(-c3ccccc3Br)no2)cc1. The van der Waals surface area contributed by atoms with Gasteiger partial charge in [-0.05, 0) is 29.8 Å². The topological polar surface area (TPSA) is 64.9 Å². The lowest BCUT2D eigenvalue weighted by Crippen LogP contribution is -1.95. The summed E-state index contributed by atoms with van der Waals surface area (Å²) in [4.78, 5) is 4.43. The third-order valence-electron chi connectivity index (χ3n) is 2.98. The van der Waals surface area contributed by atoms with E-state index in [1.807, 2.05) is 48.5 Å². The Morgan fingerprint density at radius 3 is 2.50 bits per heavy atom. The van der Waals surface area contributed by atoms with E-state index in [-0.39, 0.29) is 0 Å². The van der Waals surface area contributed by atoms with Crippen LogP contribution in [0.15, 0.2) is 57.5 Å². The molecule has 0 radical (unpaired) electrons. The number of hydrogen-bond donors (Lipinski definition) is 1. The molecule has 0 saturated heterocycles. The summed E-state index contributed by atoms with van der Waals surface area (Å²) in [6, 6.07) is 15.5. The van der Waals surface area contributed by atoms with Crippen LogP contribution in [0.5, 0.6) is 0 Å². The second kappa shape index (κ2) is 5.56. The molecule has 0 spiro atoms. The van der Waals surface area contributed by atoms with Crippen LogP contribution in [0.2, 0.25) is 0 Å². The molecule has 5 heteroatoms. The molecule has 4 nitrogen and oxygen atoms in total. The zero-order chi connectivity index (χ0) is 13.9. The summed E-state index contributed by atoms with van der Waals surface area (Å²) in [6.45, 7) is 0.520. The Labute approximate surface area is 124 Å². The zero-order valence-corrected chi connectivity index (χ0v) is 12.2. The maximum absolute atomic E-state index is 5.58. The van der Waals surface area contributed by atoms with Gasteiger partial charge in [-0.2, -0.15) is 4.98 Å². The first kappa shape index (κ1) is 13.0. The van der Waals surface area contributed by atoms with Gasteiger partial charge in [-0.25, -0.2) is 0 Å². The molecular formula is C15H12BrN3O. The molecule has 0 atom stereocenters. The molecule has 20 heavy (non-hydrogen) atoms. The fraction of sp³-hybridized carbons (Fsp3) is 0.0667. The van der Waals surface area contributed by atoms with Crippen molar-refractivity contribution in [1.29, 1.82) is 0 Å². The Morgan fingerprint density at radius 2 is 1.80 bits per heavy atom. The lowest BCUT2D eigenvalue weighted by Gasteiger charge is -1.98. The quantitative estimate of drug-likeness (QED) is 0.796. The van der Waals surface area contributed by atoms with Crippen molar-refractivity contribution in [1.82, 2.24) is 10.1 Å². The van der Waals surface area contributed by atoms with Crippen molar-refractivity contribution in [3.05, 3.63) is 58.6 Å². The first-order chi connectivity index (χ1) is 9.78. The van der Waals surface area contributed by atoms with Gasteiger partial charge in [0.25, 0.3) is 5.89 Å². The summed E-state index contributed by atoms with van der Waals surface area (Å²) < 4.78 is 6.26. The fourth-order valence-corrected chi connectivity index (χ4v) is 2.34. The number of halogens is 1. The van der Waals surface area contributed by atoms with Gasteiger partial charge in [0.2, 0.25) is 5.82 Å². The van der Waals surface area contributed by atoms with Crippen molar-refractivity contribution in [3.63, 3.8) is 0 Å². The van der Waals surface area contributed by atoms with E-state index >= 15 is 0 Å².